The summed E-state index contributed by atoms with van der Waals surface area (Å²) >= 11 is 1.81. The summed E-state index contributed by atoms with van der Waals surface area (Å²) in [6, 6.07) is 7.07. The number of nitrogens with zero attached hydrogens (tertiary/aromatic N) is 3. The fourth-order valence-electron chi connectivity index (χ4n) is 3.18. The number of aryl methyl sites for hydroxylation is 3. The number of hydrogen-bond acceptors (Lipinski definition) is 4. The molecule has 134 valence electrons. The van der Waals surface area contributed by atoms with Gasteiger partial charge in [0, 0.05) is 24.4 Å². The highest BCUT2D eigenvalue weighted by atomic mass is 32.1. The molecule has 1 aliphatic rings. The quantitative estimate of drug-likeness (QED) is 0.583. The van der Waals surface area contributed by atoms with Gasteiger partial charge >= 0.3 is 0 Å². The lowest BCUT2D eigenvalue weighted by Crippen LogP contribution is -2.38. The van der Waals surface area contributed by atoms with E-state index in [9.17, 15) is 0 Å². The van der Waals surface area contributed by atoms with E-state index in [1.807, 2.05) is 11.3 Å². The third-order valence-electron chi connectivity index (χ3n) is 4.81. The monoisotopic (exact) mass is 357 g/mol. The molecule has 1 aromatic carbocycles. The number of hydrogen-bond donors (Lipinski definition) is 0. The summed E-state index contributed by atoms with van der Waals surface area (Å²) in [5.41, 5.74) is 4.60. The summed E-state index contributed by atoms with van der Waals surface area (Å²) in [4.78, 5) is 11.8. The molecule has 0 aliphatic carbocycles. The maximum Gasteiger partial charge on any atom is 0.292 e. The standard InChI is InChI=1S/C20H27N3OS/c1-5-17-13-25-19(21-17)16-8-10-23(11-9-16)20(24-4)22-18-12-14(2)6-7-15(18)3/h6-7,12-13,16H,5,8-11H2,1-4H3. The molecule has 0 amide bonds. The number of aromatic nitrogens is 1. The second-order valence-corrected chi connectivity index (χ2v) is 7.57. The second-order valence-electron chi connectivity index (χ2n) is 6.68. The topological polar surface area (TPSA) is 37.7 Å². The van der Waals surface area contributed by atoms with E-state index in [1.54, 1.807) is 7.11 Å². The lowest BCUT2D eigenvalue weighted by Gasteiger charge is -2.32. The van der Waals surface area contributed by atoms with Gasteiger partial charge in [-0.1, -0.05) is 19.1 Å². The summed E-state index contributed by atoms with van der Waals surface area (Å²) in [5.74, 6) is 0.570. The molecular formula is C20H27N3OS. The number of aliphatic imine (C=N–C) groups is 1. The number of benzene rings is 1. The van der Waals surface area contributed by atoms with Gasteiger partial charge < -0.3 is 9.64 Å². The normalized spacial score (nSPS) is 16.3. The highest BCUT2D eigenvalue weighted by Crippen LogP contribution is 2.31. The zero-order valence-corrected chi connectivity index (χ0v) is 16.4. The Kier molecular flexibility index (Phi) is 5.74. The average molecular weight is 358 g/mol. The van der Waals surface area contributed by atoms with Crippen LogP contribution in [-0.4, -0.2) is 36.1 Å². The number of rotatable bonds is 3. The van der Waals surface area contributed by atoms with Crippen molar-refractivity contribution in [3.8, 4) is 0 Å². The molecule has 25 heavy (non-hydrogen) atoms. The third-order valence-corrected chi connectivity index (χ3v) is 5.87. The van der Waals surface area contributed by atoms with E-state index < -0.39 is 0 Å². The molecule has 0 unspecified atom stereocenters. The zero-order chi connectivity index (χ0) is 17.8. The summed E-state index contributed by atoms with van der Waals surface area (Å²) in [7, 11) is 1.71. The van der Waals surface area contributed by atoms with E-state index in [1.165, 1.54) is 21.8 Å². The molecule has 0 spiro atoms. The van der Waals surface area contributed by atoms with Crippen LogP contribution in [-0.2, 0) is 11.2 Å². The van der Waals surface area contributed by atoms with Gasteiger partial charge in [0.25, 0.3) is 6.02 Å². The van der Waals surface area contributed by atoms with Gasteiger partial charge in [0.2, 0.25) is 0 Å². The van der Waals surface area contributed by atoms with E-state index in [2.05, 4.69) is 49.3 Å². The van der Waals surface area contributed by atoms with Crippen LogP contribution in [0.25, 0.3) is 0 Å². The molecule has 1 aliphatic heterocycles. The average Bonchev–Trinajstić information content (AvgIpc) is 3.12. The predicted octanol–water partition coefficient (Wildman–Crippen LogP) is 4.84. The van der Waals surface area contributed by atoms with Gasteiger partial charge in [-0.2, -0.15) is 4.99 Å². The first kappa shape index (κ1) is 17.9. The Balaban J connectivity index is 1.69. The highest BCUT2D eigenvalue weighted by Gasteiger charge is 2.25. The number of methoxy groups -OCH3 is 1. The van der Waals surface area contributed by atoms with Crippen LogP contribution in [0.3, 0.4) is 0 Å². The molecule has 2 aromatic rings. The maximum absolute atomic E-state index is 5.61. The Morgan fingerprint density at radius 3 is 2.72 bits per heavy atom. The predicted molar refractivity (Wildman–Crippen MR) is 105 cm³/mol. The Bertz CT molecular complexity index is 745. The van der Waals surface area contributed by atoms with Crippen LogP contribution in [0.5, 0.6) is 0 Å². The Morgan fingerprint density at radius 2 is 2.08 bits per heavy atom. The van der Waals surface area contributed by atoms with Crippen molar-refractivity contribution in [3.63, 3.8) is 0 Å². The Hall–Kier alpha value is -1.88. The van der Waals surface area contributed by atoms with Crippen molar-refractivity contribution in [1.82, 2.24) is 9.88 Å². The number of likely N-dealkylation sites (tertiary alicyclic amines) is 1. The zero-order valence-electron chi connectivity index (χ0n) is 15.6. The van der Waals surface area contributed by atoms with Gasteiger partial charge in [-0.15, -0.1) is 11.3 Å². The van der Waals surface area contributed by atoms with Crippen molar-refractivity contribution in [3.05, 3.63) is 45.4 Å². The maximum atomic E-state index is 5.61. The van der Waals surface area contributed by atoms with Gasteiger partial charge in [0.05, 0.1) is 23.5 Å². The van der Waals surface area contributed by atoms with Crippen molar-refractivity contribution in [2.45, 2.75) is 46.0 Å². The van der Waals surface area contributed by atoms with Crippen molar-refractivity contribution in [1.29, 1.82) is 0 Å². The first-order valence-corrected chi connectivity index (χ1v) is 9.87. The van der Waals surface area contributed by atoms with Crippen LogP contribution < -0.4 is 0 Å². The molecule has 2 heterocycles. The number of amidine groups is 1. The molecule has 0 atom stereocenters. The summed E-state index contributed by atoms with van der Waals surface area (Å²) < 4.78 is 5.61. The van der Waals surface area contributed by atoms with Crippen LogP contribution in [0, 0.1) is 13.8 Å². The minimum atomic E-state index is 0.570. The first-order valence-electron chi connectivity index (χ1n) is 9.00. The molecule has 4 nitrogen and oxygen atoms in total. The molecule has 3 rings (SSSR count). The lowest BCUT2D eigenvalue weighted by atomic mass is 9.98. The van der Waals surface area contributed by atoms with Crippen LogP contribution in [0.15, 0.2) is 28.6 Å². The first-order chi connectivity index (χ1) is 12.1. The van der Waals surface area contributed by atoms with E-state index >= 15 is 0 Å². The fourth-order valence-corrected chi connectivity index (χ4v) is 4.25. The van der Waals surface area contributed by atoms with Crippen molar-refractivity contribution in [2.24, 2.45) is 4.99 Å². The minimum Gasteiger partial charge on any atom is -0.468 e. The third kappa shape index (κ3) is 4.21. The minimum absolute atomic E-state index is 0.570. The number of thiazole rings is 1. The van der Waals surface area contributed by atoms with Crippen LogP contribution in [0.2, 0.25) is 0 Å². The van der Waals surface area contributed by atoms with Crippen LogP contribution in [0.1, 0.15) is 47.5 Å². The summed E-state index contributed by atoms with van der Waals surface area (Å²) in [6.45, 7) is 8.27. The largest absolute Gasteiger partial charge is 0.468 e. The highest BCUT2D eigenvalue weighted by molar-refractivity contribution is 7.09. The van der Waals surface area contributed by atoms with E-state index in [0.717, 1.165) is 44.1 Å². The van der Waals surface area contributed by atoms with Gasteiger partial charge in [0.1, 0.15) is 0 Å². The van der Waals surface area contributed by atoms with E-state index in [-0.39, 0.29) is 0 Å². The van der Waals surface area contributed by atoms with Gasteiger partial charge in [-0.3, -0.25) is 0 Å². The van der Waals surface area contributed by atoms with E-state index in [4.69, 9.17) is 14.7 Å². The SMILES string of the molecule is CCc1csc(C2CCN(C(=Nc3cc(C)ccc3C)OC)CC2)n1. The lowest BCUT2D eigenvalue weighted by molar-refractivity contribution is 0.239. The number of ether oxygens (including phenoxy) is 1. The molecule has 1 fully saturated rings. The molecule has 0 radical (unpaired) electrons. The molecular weight excluding hydrogens is 330 g/mol. The van der Waals surface area contributed by atoms with Gasteiger partial charge in [-0.25, -0.2) is 4.98 Å². The smallest absolute Gasteiger partial charge is 0.292 e. The van der Waals surface area contributed by atoms with Crippen molar-refractivity contribution >= 4 is 23.0 Å². The fraction of sp³-hybridized carbons (Fsp3) is 0.500. The Morgan fingerprint density at radius 1 is 1.32 bits per heavy atom. The van der Waals surface area contributed by atoms with Crippen molar-refractivity contribution in [2.75, 3.05) is 20.2 Å². The molecule has 0 saturated carbocycles. The summed E-state index contributed by atoms with van der Waals surface area (Å²) in [5, 5.41) is 3.49. The molecule has 5 heteroatoms. The molecule has 1 aromatic heterocycles. The Labute approximate surface area is 154 Å². The van der Waals surface area contributed by atoms with Crippen LogP contribution in [0.4, 0.5) is 5.69 Å². The molecule has 0 N–H and O–H groups in total. The number of piperidine rings is 1. The van der Waals surface area contributed by atoms with Crippen LogP contribution >= 0.6 is 11.3 Å². The second kappa shape index (κ2) is 8.00. The molecule has 0 bridgehead atoms. The van der Waals surface area contributed by atoms with Gasteiger partial charge in [-0.05, 0) is 50.3 Å². The summed E-state index contributed by atoms with van der Waals surface area (Å²) in [6.07, 6.45) is 3.23. The van der Waals surface area contributed by atoms with Crippen molar-refractivity contribution < 1.29 is 4.74 Å². The molecule has 1 saturated heterocycles. The van der Waals surface area contributed by atoms with E-state index in [0.29, 0.717) is 5.92 Å². The van der Waals surface area contributed by atoms with Gasteiger partial charge in [0.15, 0.2) is 0 Å².